The maximum Gasteiger partial charge on any atom is 0.119 e. The number of nitrogens with two attached hydrogens (primary N) is 1. The first-order chi connectivity index (χ1) is 7.64. The van der Waals surface area contributed by atoms with Crippen molar-refractivity contribution in [1.29, 1.82) is 0 Å². The van der Waals surface area contributed by atoms with E-state index in [1.807, 2.05) is 12.1 Å². The van der Waals surface area contributed by atoms with E-state index in [1.54, 1.807) is 0 Å². The summed E-state index contributed by atoms with van der Waals surface area (Å²) < 4.78 is 5.56. The molecule has 2 N–H and O–H groups in total. The van der Waals surface area contributed by atoms with E-state index in [0.717, 1.165) is 18.8 Å². The fourth-order valence-corrected chi connectivity index (χ4v) is 2.05. The van der Waals surface area contributed by atoms with Crippen molar-refractivity contribution >= 4 is 0 Å². The standard InChI is InChI=1S/C14H21NO/c1-3-10-16-13-8-6-12(7-9-13)14(2,15)11-4-5-11/h6-9,11H,3-5,10,15H2,1-2H3. The highest BCUT2D eigenvalue weighted by atomic mass is 16.5. The van der Waals surface area contributed by atoms with Gasteiger partial charge in [-0.15, -0.1) is 0 Å². The molecule has 16 heavy (non-hydrogen) atoms. The maximum atomic E-state index is 6.35. The second kappa shape index (κ2) is 4.46. The number of hydrogen-bond donors (Lipinski definition) is 1. The molecule has 1 fully saturated rings. The Bertz CT molecular complexity index is 338. The van der Waals surface area contributed by atoms with Gasteiger partial charge in [-0.2, -0.15) is 0 Å². The van der Waals surface area contributed by atoms with Crippen LogP contribution in [0.15, 0.2) is 24.3 Å². The summed E-state index contributed by atoms with van der Waals surface area (Å²) in [5.74, 6) is 1.60. The lowest BCUT2D eigenvalue weighted by molar-refractivity contribution is 0.317. The predicted octanol–water partition coefficient (Wildman–Crippen LogP) is 3.06. The molecule has 1 aliphatic carbocycles. The minimum absolute atomic E-state index is 0.163. The summed E-state index contributed by atoms with van der Waals surface area (Å²) in [5, 5.41) is 0. The van der Waals surface area contributed by atoms with Gasteiger partial charge in [-0.05, 0) is 49.8 Å². The van der Waals surface area contributed by atoms with Crippen LogP contribution < -0.4 is 10.5 Å². The molecule has 88 valence electrons. The molecule has 0 aliphatic heterocycles. The van der Waals surface area contributed by atoms with Crippen LogP contribution in [0, 0.1) is 5.92 Å². The Hall–Kier alpha value is -1.02. The number of hydrogen-bond acceptors (Lipinski definition) is 2. The highest BCUT2D eigenvalue weighted by Crippen LogP contribution is 2.43. The van der Waals surface area contributed by atoms with Gasteiger partial charge in [-0.1, -0.05) is 19.1 Å². The van der Waals surface area contributed by atoms with Gasteiger partial charge in [0.2, 0.25) is 0 Å². The molecule has 0 aromatic heterocycles. The van der Waals surface area contributed by atoms with Gasteiger partial charge >= 0.3 is 0 Å². The lowest BCUT2D eigenvalue weighted by Gasteiger charge is -2.25. The van der Waals surface area contributed by atoms with Crippen LogP contribution in [0.25, 0.3) is 0 Å². The molecule has 1 aromatic carbocycles. The Kier molecular flexibility index (Phi) is 3.20. The van der Waals surface area contributed by atoms with Gasteiger partial charge in [-0.3, -0.25) is 0 Å². The van der Waals surface area contributed by atoms with Crippen LogP contribution in [0.4, 0.5) is 0 Å². The molecular weight excluding hydrogens is 198 g/mol. The highest BCUT2D eigenvalue weighted by Gasteiger charge is 2.39. The van der Waals surface area contributed by atoms with Crippen LogP contribution in [0.3, 0.4) is 0 Å². The lowest BCUT2D eigenvalue weighted by atomic mass is 9.88. The largest absolute Gasteiger partial charge is 0.494 e. The zero-order valence-electron chi connectivity index (χ0n) is 10.2. The Morgan fingerprint density at radius 1 is 1.31 bits per heavy atom. The normalized spacial score (nSPS) is 19.2. The van der Waals surface area contributed by atoms with E-state index in [1.165, 1.54) is 18.4 Å². The van der Waals surface area contributed by atoms with E-state index in [0.29, 0.717) is 5.92 Å². The summed E-state index contributed by atoms with van der Waals surface area (Å²) >= 11 is 0. The van der Waals surface area contributed by atoms with E-state index in [-0.39, 0.29) is 5.54 Å². The summed E-state index contributed by atoms with van der Waals surface area (Å²) in [4.78, 5) is 0. The molecule has 2 heteroatoms. The summed E-state index contributed by atoms with van der Waals surface area (Å²) in [6.07, 6.45) is 3.57. The lowest BCUT2D eigenvalue weighted by Crippen LogP contribution is -2.35. The van der Waals surface area contributed by atoms with Gasteiger partial charge in [-0.25, -0.2) is 0 Å². The third kappa shape index (κ3) is 2.38. The fraction of sp³-hybridized carbons (Fsp3) is 0.571. The minimum atomic E-state index is -0.163. The van der Waals surface area contributed by atoms with Gasteiger partial charge in [0.25, 0.3) is 0 Å². The summed E-state index contributed by atoms with van der Waals surface area (Å²) in [6.45, 7) is 5.02. The van der Waals surface area contributed by atoms with Gasteiger partial charge in [0.15, 0.2) is 0 Å². The molecule has 0 radical (unpaired) electrons. The van der Waals surface area contributed by atoms with E-state index >= 15 is 0 Å². The molecule has 2 nitrogen and oxygen atoms in total. The quantitative estimate of drug-likeness (QED) is 0.826. The first-order valence-electron chi connectivity index (χ1n) is 6.17. The molecule has 0 saturated heterocycles. The van der Waals surface area contributed by atoms with Gasteiger partial charge in [0.05, 0.1) is 6.61 Å². The van der Waals surface area contributed by atoms with Crippen molar-refractivity contribution in [3.63, 3.8) is 0 Å². The Morgan fingerprint density at radius 3 is 2.44 bits per heavy atom. The Balaban J connectivity index is 2.06. The minimum Gasteiger partial charge on any atom is -0.494 e. The first kappa shape index (κ1) is 11.5. The number of rotatable bonds is 5. The molecule has 1 atom stereocenters. The van der Waals surface area contributed by atoms with Crippen LogP contribution in [0.5, 0.6) is 5.75 Å². The van der Waals surface area contributed by atoms with Crippen LogP contribution in [-0.4, -0.2) is 6.61 Å². The van der Waals surface area contributed by atoms with E-state index in [4.69, 9.17) is 10.5 Å². The van der Waals surface area contributed by atoms with Crippen LogP contribution in [0.2, 0.25) is 0 Å². The highest BCUT2D eigenvalue weighted by molar-refractivity contribution is 5.32. The molecule has 1 unspecified atom stereocenters. The number of ether oxygens (including phenoxy) is 1. The second-order valence-electron chi connectivity index (χ2n) is 4.93. The SMILES string of the molecule is CCCOc1ccc(C(C)(N)C2CC2)cc1. The molecule has 1 aromatic rings. The van der Waals surface area contributed by atoms with E-state index in [9.17, 15) is 0 Å². The molecular formula is C14H21NO. The monoisotopic (exact) mass is 219 g/mol. The van der Waals surface area contributed by atoms with Crippen molar-refractivity contribution in [1.82, 2.24) is 0 Å². The smallest absolute Gasteiger partial charge is 0.119 e. The van der Waals surface area contributed by atoms with E-state index in [2.05, 4.69) is 26.0 Å². The summed E-state index contributed by atoms with van der Waals surface area (Å²) in [6, 6.07) is 8.25. The molecule has 1 saturated carbocycles. The average Bonchev–Trinajstić information content (AvgIpc) is 3.11. The molecule has 2 rings (SSSR count). The van der Waals surface area contributed by atoms with Gasteiger partial charge in [0, 0.05) is 5.54 Å². The molecule has 0 spiro atoms. The van der Waals surface area contributed by atoms with Gasteiger partial charge in [0.1, 0.15) is 5.75 Å². The average molecular weight is 219 g/mol. The first-order valence-corrected chi connectivity index (χ1v) is 6.17. The molecule has 1 aliphatic rings. The van der Waals surface area contributed by atoms with Crippen molar-refractivity contribution in [3.05, 3.63) is 29.8 Å². The second-order valence-corrected chi connectivity index (χ2v) is 4.93. The number of benzene rings is 1. The molecule has 0 bridgehead atoms. The van der Waals surface area contributed by atoms with Crippen molar-refractivity contribution in [2.45, 2.75) is 38.6 Å². The topological polar surface area (TPSA) is 35.2 Å². The predicted molar refractivity (Wildman–Crippen MR) is 66.5 cm³/mol. The third-order valence-corrected chi connectivity index (χ3v) is 3.37. The third-order valence-electron chi connectivity index (χ3n) is 3.37. The van der Waals surface area contributed by atoms with Crippen molar-refractivity contribution in [2.75, 3.05) is 6.61 Å². The Labute approximate surface area is 97.8 Å². The van der Waals surface area contributed by atoms with Crippen molar-refractivity contribution in [2.24, 2.45) is 11.7 Å². The molecule has 0 heterocycles. The summed E-state index contributed by atoms with van der Waals surface area (Å²) in [5.41, 5.74) is 7.41. The zero-order valence-corrected chi connectivity index (χ0v) is 10.2. The van der Waals surface area contributed by atoms with Crippen molar-refractivity contribution in [3.8, 4) is 5.75 Å². The van der Waals surface area contributed by atoms with Crippen LogP contribution >= 0.6 is 0 Å². The fourth-order valence-electron chi connectivity index (χ4n) is 2.05. The van der Waals surface area contributed by atoms with E-state index < -0.39 is 0 Å². The maximum absolute atomic E-state index is 6.35. The van der Waals surface area contributed by atoms with Crippen molar-refractivity contribution < 1.29 is 4.74 Å². The molecule has 0 amide bonds. The summed E-state index contributed by atoms with van der Waals surface area (Å²) in [7, 11) is 0. The Morgan fingerprint density at radius 2 is 1.94 bits per heavy atom. The zero-order chi connectivity index (χ0) is 11.6. The van der Waals surface area contributed by atoms with Gasteiger partial charge < -0.3 is 10.5 Å². The van der Waals surface area contributed by atoms with Crippen LogP contribution in [-0.2, 0) is 5.54 Å². The van der Waals surface area contributed by atoms with Crippen LogP contribution in [0.1, 0.15) is 38.7 Å².